The first-order chi connectivity index (χ1) is 20.8. The Morgan fingerprint density at radius 2 is 1.38 bits per heavy atom. The molecule has 0 aliphatic rings. The van der Waals surface area contributed by atoms with E-state index >= 15 is 0 Å². The van der Waals surface area contributed by atoms with Crippen LogP contribution in [0.25, 0.3) is 0 Å². The standard InChI is InChI=1S/C16H23IN4O4.C6H8IN3O.C5H8BrNO.ClH/c1-16(2,3)25-15(23)21(9-5-6-13(22)18-4)10-11-24-14-8-7-12(17)19-20-14;7-5-1-2-6(10-9-5)11-4-3-8;1-7-5(8)3-2-4-6;/h5-8H,9-11H2,1-4H3,(H,18,22);1-2H,3-4,8H2;2-3H,4H2,1H3,(H,7,8);1H/b6-5+;;3-2+;. The lowest BCUT2D eigenvalue weighted by Gasteiger charge is -2.26. The number of rotatable bonds is 12. The largest absolute Gasteiger partial charge is 0.475 e. The topological polar surface area (TPSA) is 184 Å². The number of nitrogens with one attached hydrogen (secondary N) is 2. The lowest BCUT2D eigenvalue weighted by Crippen LogP contribution is -2.39. The number of ether oxygens (including phenoxy) is 3. The van der Waals surface area contributed by atoms with Gasteiger partial charge in [0, 0.05) is 50.7 Å². The van der Waals surface area contributed by atoms with Crippen LogP contribution in [-0.2, 0) is 14.3 Å². The number of halogens is 4. The van der Waals surface area contributed by atoms with E-state index in [2.05, 4.69) is 92.1 Å². The van der Waals surface area contributed by atoms with Crippen molar-refractivity contribution >= 4 is 91.4 Å². The van der Waals surface area contributed by atoms with Gasteiger partial charge in [0.25, 0.3) is 0 Å². The molecule has 252 valence electrons. The Kier molecular flexibility index (Phi) is 26.7. The van der Waals surface area contributed by atoms with Gasteiger partial charge in [-0.3, -0.25) is 9.59 Å². The van der Waals surface area contributed by atoms with E-state index in [1.807, 2.05) is 6.07 Å². The van der Waals surface area contributed by atoms with Crippen LogP contribution in [0.3, 0.4) is 0 Å². The molecule has 18 heteroatoms. The first-order valence-electron chi connectivity index (χ1n) is 13.1. The SMILES string of the molecule is CNC(=O)/C=C/CBr.CNC(=O)/C=C/CN(CCOc1ccc(I)nn1)C(=O)OC(C)(C)C.Cl.NCCOc1ccc(I)nn1. The van der Waals surface area contributed by atoms with Gasteiger partial charge in [-0.25, -0.2) is 4.79 Å². The molecule has 2 aromatic heterocycles. The number of alkyl halides is 1. The molecule has 14 nitrogen and oxygen atoms in total. The summed E-state index contributed by atoms with van der Waals surface area (Å²) in [6.07, 6.45) is 5.69. The van der Waals surface area contributed by atoms with E-state index in [1.54, 1.807) is 58.2 Å². The van der Waals surface area contributed by atoms with Crippen molar-refractivity contribution in [2.75, 3.05) is 52.3 Å². The second kappa shape index (κ2) is 26.8. The molecule has 2 rings (SSSR count). The maximum Gasteiger partial charge on any atom is 0.410 e. The number of likely N-dealkylation sites (N-methyl/N-ethyl adjacent to an activating group) is 2. The molecule has 0 radical (unpaired) electrons. The fourth-order valence-corrected chi connectivity index (χ4v) is 3.14. The maximum atomic E-state index is 12.3. The Balaban J connectivity index is 0. The summed E-state index contributed by atoms with van der Waals surface area (Å²) in [4.78, 5) is 35.3. The number of allylic oxidation sites excluding steroid dienone is 1. The molecule has 0 spiro atoms. The fourth-order valence-electron chi connectivity index (χ4n) is 2.37. The van der Waals surface area contributed by atoms with E-state index < -0.39 is 11.7 Å². The van der Waals surface area contributed by atoms with Gasteiger partial charge in [0.15, 0.2) is 0 Å². The first-order valence-corrected chi connectivity index (χ1v) is 16.4. The summed E-state index contributed by atoms with van der Waals surface area (Å²) in [6.45, 7) is 7.08. The minimum absolute atomic E-state index is 0. The monoisotopic (exact) mass is 940 g/mol. The highest BCUT2D eigenvalue weighted by atomic mass is 127. The third-order valence-corrected chi connectivity index (χ3v) is 5.82. The summed E-state index contributed by atoms with van der Waals surface area (Å²) in [5, 5.41) is 21.0. The Morgan fingerprint density at radius 3 is 1.78 bits per heavy atom. The summed E-state index contributed by atoms with van der Waals surface area (Å²) in [7, 11) is 3.13. The average Bonchev–Trinajstić information content (AvgIpc) is 2.99. The van der Waals surface area contributed by atoms with E-state index in [0.29, 0.717) is 24.9 Å². The summed E-state index contributed by atoms with van der Waals surface area (Å²) in [5.41, 5.74) is 4.62. The van der Waals surface area contributed by atoms with E-state index in [9.17, 15) is 14.4 Å². The summed E-state index contributed by atoms with van der Waals surface area (Å²) >= 11 is 7.27. The van der Waals surface area contributed by atoms with Crippen LogP contribution >= 0.6 is 73.5 Å². The molecule has 0 aliphatic carbocycles. The number of hydrogen-bond donors (Lipinski definition) is 3. The average molecular weight is 942 g/mol. The molecule has 4 N–H and O–H groups in total. The van der Waals surface area contributed by atoms with Crippen molar-refractivity contribution in [2.45, 2.75) is 26.4 Å². The molecular weight excluding hydrogens is 902 g/mol. The lowest BCUT2D eigenvalue weighted by atomic mass is 10.2. The van der Waals surface area contributed by atoms with Gasteiger partial charge in [-0.15, -0.1) is 32.8 Å². The summed E-state index contributed by atoms with van der Waals surface area (Å²) in [5.74, 6) is 0.598. The maximum absolute atomic E-state index is 12.3. The second-order valence-corrected chi connectivity index (χ2v) is 11.8. The van der Waals surface area contributed by atoms with Crippen LogP contribution in [-0.4, -0.2) is 101 Å². The highest BCUT2D eigenvalue weighted by Crippen LogP contribution is 2.11. The predicted octanol–water partition coefficient (Wildman–Crippen LogP) is 3.52. The van der Waals surface area contributed by atoms with Gasteiger partial charge in [-0.1, -0.05) is 28.1 Å². The van der Waals surface area contributed by atoms with Gasteiger partial charge in [-0.05, 0) is 84.2 Å². The quantitative estimate of drug-likeness (QED) is 0.161. The molecule has 0 atom stereocenters. The molecule has 0 aromatic carbocycles. The van der Waals surface area contributed by atoms with Crippen LogP contribution in [0.15, 0.2) is 48.6 Å². The highest BCUT2D eigenvalue weighted by molar-refractivity contribution is 14.1. The van der Waals surface area contributed by atoms with Gasteiger partial charge in [0.2, 0.25) is 23.6 Å². The van der Waals surface area contributed by atoms with Gasteiger partial charge >= 0.3 is 6.09 Å². The van der Waals surface area contributed by atoms with Crippen LogP contribution in [0.5, 0.6) is 11.8 Å². The van der Waals surface area contributed by atoms with E-state index in [0.717, 1.165) is 12.7 Å². The minimum Gasteiger partial charge on any atom is -0.475 e. The van der Waals surface area contributed by atoms with Gasteiger partial charge in [0.1, 0.15) is 26.2 Å². The normalized spacial score (nSPS) is 10.3. The minimum atomic E-state index is -0.609. The Hall–Kier alpha value is -2.36. The molecule has 3 amide bonds. The number of carbonyl (C=O) groups is 3. The van der Waals surface area contributed by atoms with E-state index in [4.69, 9.17) is 19.9 Å². The number of hydrogen-bond acceptors (Lipinski definition) is 11. The van der Waals surface area contributed by atoms with Crippen molar-refractivity contribution in [3.8, 4) is 11.8 Å². The molecule has 0 bridgehead atoms. The van der Waals surface area contributed by atoms with Crippen molar-refractivity contribution in [1.82, 2.24) is 35.9 Å². The number of nitrogens with zero attached hydrogens (tertiary/aromatic N) is 5. The number of aromatic nitrogens is 4. The third-order valence-electron chi connectivity index (χ3n) is 4.29. The van der Waals surface area contributed by atoms with E-state index in [1.165, 1.54) is 24.1 Å². The number of amides is 3. The molecule has 2 aromatic rings. The molecule has 0 saturated carbocycles. The summed E-state index contributed by atoms with van der Waals surface area (Å²) in [6, 6.07) is 7.09. The second-order valence-electron chi connectivity index (χ2n) is 8.99. The zero-order valence-electron chi connectivity index (χ0n) is 25.7. The number of carbonyl (C=O) groups excluding carboxylic acids is 3. The van der Waals surface area contributed by atoms with Gasteiger partial charge in [0.05, 0.1) is 6.54 Å². The van der Waals surface area contributed by atoms with Crippen molar-refractivity contribution in [3.63, 3.8) is 0 Å². The van der Waals surface area contributed by atoms with Crippen molar-refractivity contribution in [3.05, 3.63) is 56.0 Å². The van der Waals surface area contributed by atoms with Crippen LogP contribution in [0, 0.1) is 7.40 Å². The van der Waals surface area contributed by atoms with Gasteiger partial charge in [-0.2, -0.15) is 0 Å². The predicted molar refractivity (Wildman–Crippen MR) is 195 cm³/mol. The molecule has 2 heterocycles. The van der Waals surface area contributed by atoms with Crippen LogP contribution in [0.4, 0.5) is 4.79 Å². The third kappa shape index (κ3) is 25.5. The highest BCUT2D eigenvalue weighted by Gasteiger charge is 2.21. The fraction of sp³-hybridized carbons (Fsp3) is 0.444. The van der Waals surface area contributed by atoms with Crippen molar-refractivity contribution in [2.24, 2.45) is 5.73 Å². The molecule has 0 saturated heterocycles. The number of nitrogens with two attached hydrogens (primary N) is 1. The zero-order valence-corrected chi connectivity index (χ0v) is 32.4. The van der Waals surface area contributed by atoms with Crippen LogP contribution in [0.2, 0.25) is 0 Å². The molecular formula is C27H40BrClI2N8O6. The summed E-state index contributed by atoms with van der Waals surface area (Å²) < 4.78 is 17.6. The Bertz CT molecular complexity index is 1170. The molecule has 45 heavy (non-hydrogen) atoms. The molecule has 0 fully saturated rings. The van der Waals surface area contributed by atoms with Gasteiger partial charge < -0.3 is 35.5 Å². The van der Waals surface area contributed by atoms with Crippen LogP contribution in [0.1, 0.15) is 20.8 Å². The Labute approximate surface area is 305 Å². The lowest BCUT2D eigenvalue weighted by molar-refractivity contribution is -0.116. The smallest absolute Gasteiger partial charge is 0.410 e. The first kappa shape index (κ1) is 44.8. The molecule has 0 unspecified atom stereocenters. The van der Waals surface area contributed by atoms with Crippen LogP contribution < -0.4 is 25.8 Å². The molecule has 0 aliphatic heterocycles. The van der Waals surface area contributed by atoms with E-state index in [-0.39, 0.29) is 43.9 Å². The zero-order chi connectivity index (χ0) is 33.4. The van der Waals surface area contributed by atoms with Crippen molar-refractivity contribution < 1.29 is 28.6 Å². The van der Waals surface area contributed by atoms with Crippen molar-refractivity contribution in [1.29, 1.82) is 0 Å². The Morgan fingerprint density at radius 1 is 0.889 bits per heavy atom.